The lowest BCUT2D eigenvalue weighted by molar-refractivity contribution is 0.181. The molecule has 0 bridgehead atoms. The standard InChI is InChI=1S/C13H17F2NO3S/c1-19-9-11-3-2-8-16(11)10-4-6-12(7-5-10)20(17,18)13(14)15/h4-7,11,13H,2-3,8-9H2,1H3. The van der Waals surface area contributed by atoms with Crippen molar-refractivity contribution in [1.82, 2.24) is 0 Å². The predicted octanol–water partition coefficient (Wildman–Crippen LogP) is 2.30. The van der Waals surface area contributed by atoms with Crippen LogP contribution in [0.4, 0.5) is 14.5 Å². The van der Waals surface area contributed by atoms with Crippen LogP contribution >= 0.6 is 0 Å². The van der Waals surface area contributed by atoms with Crippen LogP contribution < -0.4 is 4.90 Å². The lowest BCUT2D eigenvalue weighted by Gasteiger charge is -2.26. The van der Waals surface area contributed by atoms with Gasteiger partial charge in [-0.3, -0.25) is 0 Å². The Hall–Kier alpha value is -1.21. The van der Waals surface area contributed by atoms with E-state index in [1.807, 2.05) is 0 Å². The van der Waals surface area contributed by atoms with E-state index in [0.29, 0.717) is 6.61 Å². The third-order valence-electron chi connectivity index (χ3n) is 3.47. The highest BCUT2D eigenvalue weighted by Crippen LogP contribution is 2.27. The summed E-state index contributed by atoms with van der Waals surface area (Å²) >= 11 is 0. The molecule has 1 aromatic carbocycles. The van der Waals surface area contributed by atoms with Gasteiger partial charge >= 0.3 is 5.76 Å². The molecule has 20 heavy (non-hydrogen) atoms. The first kappa shape index (κ1) is 15.2. The fraction of sp³-hybridized carbons (Fsp3) is 0.538. The van der Waals surface area contributed by atoms with E-state index in [0.717, 1.165) is 25.1 Å². The van der Waals surface area contributed by atoms with Crippen molar-refractivity contribution in [2.24, 2.45) is 0 Å². The van der Waals surface area contributed by atoms with Crippen molar-refractivity contribution in [1.29, 1.82) is 0 Å². The summed E-state index contributed by atoms with van der Waals surface area (Å²) in [6, 6.07) is 5.86. The zero-order valence-corrected chi connectivity index (χ0v) is 11.9. The van der Waals surface area contributed by atoms with Crippen molar-refractivity contribution >= 4 is 15.5 Å². The van der Waals surface area contributed by atoms with Gasteiger partial charge in [-0.05, 0) is 37.1 Å². The summed E-state index contributed by atoms with van der Waals surface area (Å²) in [6.07, 6.45) is 2.04. The van der Waals surface area contributed by atoms with Gasteiger partial charge in [0.1, 0.15) is 0 Å². The van der Waals surface area contributed by atoms with Gasteiger partial charge in [0.25, 0.3) is 0 Å². The molecule has 0 saturated carbocycles. The Balaban J connectivity index is 2.20. The van der Waals surface area contributed by atoms with Gasteiger partial charge < -0.3 is 9.64 Å². The monoisotopic (exact) mass is 305 g/mol. The number of sulfone groups is 1. The second-order valence-corrected chi connectivity index (χ2v) is 6.66. The van der Waals surface area contributed by atoms with Crippen LogP contribution in [0.3, 0.4) is 0 Å². The molecule has 1 fully saturated rings. The van der Waals surface area contributed by atoms with Gasteiger partial charge in [0.15, 0.2) is 0 Å². The number of halogens is 2. The number of hydrogen-bond donors (Lipinski definition) is 0. The van der Waals surface area contributed by atoms with Gasteiger partial charge in [-0.25, -0.2) is 8.42 Å². The maximum absolute atomic E-state index is 12.4. The van der Waals surface area contributed by atoms with Crippen LogP contribution in [0.5, 0.6) is 0 Å². The van der Waals surface area contributed by atoms with Crippen LogP contribution in [0.1, 0.15) is 12.8 Å². The summed E-state index contributed by atoms with van der Waals surface area (Å²) in [6.45, 7) is 1.45. The minimum absolute atomic E-state index is 0.248. The molecule has 0 aliphatic carbocycles. The number of ether oxygens (including phenoxy) is 1. The van der Waals surface area contributed by atoms with Crippen LogP contribution in [0.15, 0.2) is 29.2 Å². The summed E-state index contributed by atoms with van der Waals surface area (Å²) in [7, 11) is -2.88. The van der Waals surface area contributed by atoms with Crippen molar-refractivity contribution in [3.05, 3.63) is 24.3 Å². The quantitative estimate of drug-likeness (QED) is 0.837. The summed E-state index contributed by atoms with van der Waals surface area (Å²) < 4.78 is 52.7. The van der Waals surface area contributed by atoms with E-state index in [-0.39, 0.29) is 10.9 Å². The fourth-order valence-corrected chi connectivity index (χ4v) is 3.19. The molecular formula is C13H17F2NO3S. The van der Waals surface area contributed by atoms with E-state index < -0.39 is 15.6 Å². The van der Waals surface area contributed by atoms with E-state index in [4.69, 9.17) is 4.74 Å². The van der Waals surface area contributed by atoms with Crippen molar-refractivity contribution in [3.63, 3.8) is 0 Å². The fourth-order valence-electron chi connectivity index (χ4n) is 2.47. The highest BCUT2D eigenvalue weighted by Gasteiger charge is 2.28. The lowest BCUT2D eigenvalue weighted by atomic mass is 10.2. The average Bonchev–Trinajstić information content (AvgIpc) is 2.87. The van der Waals surface area contributed by atoms with Gasteiger partial charge in [-0.15, -0.1) is 0 Å². The zero-order valence-electron chi connectivity index (χ0n) is 11.1. The van der Waals surface area contributed by atoms with Crippen LogP contribution in [-0.2, 0) is 14.6 Å². The molecule has 1 saturated heterocycles. The van der Waals surface area contributed by atoms with E-state index in [1.54, 1.807) is 19.2 Å². The van der Waals surface area contributed by atoms with Gasteiger partial charge in [-0.2, -0.15) is 8.78 Å². The zero-order chi connectivity index (χ0) is 14.8. The second-order valence-electron chi connectivity index (χ2n) is 4.74. The SMILES string of the molecule is COCC1CCCN1c1ccc(S(=O)(=O)C(F)F)cc1. The normalized spacial score (nSPS) is 19.8. The topological polar surface area (TPSA) is 46.6 Å². The molecule has 0 aromatic heterocycles. The maximum atomic E-state index is 12.4. The molecule has 0 N–H and O–H groups in total. The van der Waals surface area contributed by atoms with Crippen LogP contribution in [0.25, 0.3) is 0 Å². The molecule has 2 rings (SSSR count). The average molecular weight is 305 g/mol. The molecule has 0 spiro atoms. The second kappa shape index (κ2) is 6.05. The molecule has 0 radical (unpaired) electrons. The highest BCUT2D eigenvalue weighted by molar-refractivity contribution is 7.91. The van der Waals surface area contributed by atoms with Gasteiger partial charge in [0, 0.05) is 19.3 Å². The summed E-state index contributed by atoms with van der Waals surface area (Å²) in [4.78, 5) is 1.76. The molecule has 0 amide bonds. The molecule has 7 heteroatoms. The van der Waals surface area contributed by atoms with E-state index in [9.17, 15) is 17.2 Å². The van der Waals surface area contributed by atoms with Gasteiger partial charge in [0.2, 0.25) is 9.84 Å². The summed E-state index contributed by atoms with van der Waals surface area (Å²) in [5.41, 5.74) is 0.831. The third kappa shape index (κ3) is 2.93. The first-order chi connectivity index (χ1) is 9.46. The molecule has 1 aliphatic heterocycles. The van der Waals surface area contributed by atoms with Crippen LogP contribution in [-0.4, -0.2) is 40.5 Å². The van der Waals surface area contributed by atoms with Crippen LogP contribution in [0.2, 0.25) is 0 Å². The largest absolute Gasteiger partial charge is 0.383 e. The van der Waals surface area contributed by atoms with Crippen molar-refractivity contribution in [3.8, 4) is 0 Å². The van der Waals surface area contributed by atoms with Crippen molar-refractivity contribution < 1.29 is 21.9 Å². The molecule has 112 valence electrons. The number of methoxy groups -OCH3 is 1. The summed E-state index contributed by atoms with van der Waals surface area (Å²) in [5, 5.41) is 0. The number of alkyl halides is 2. The number of benzene rings is 1. The molecule has 1 aliphatic rings. The number of nitrogens with zero attached hydrogens (tertiary/aromatic N) is 1. The summed E-state index contributed by atoms with van der Waals surface area (Å²) in [5.74, 6) is -3.39. The highest BCUT2D eigenvalue weighted by atomic mass is 32.2. The minimum Gasteiger partial charge on any atom is -0.383 e. The molecule has 1 unspecified atom stereocenters. The smallest absolute Gasteiger partial charge is 0.341 e. The Labute approximate surface area is 117 Å². The van der Waals surface area contributed by atoms with Gasteiger partial charge in [-0.1, -0.05) is 0 Å². The van der Waals surface area contributed by atoms with E-state index in [2.05, 4.69) is 4.90 Å². The predicted molar refractivity (Wildman–Crippen MR) is 71.9 cm³/mol. The van der Waals surface area contributed by atoms with E-state index in [1.165, 1.54) is 12.1 Å². The Morgan fingerprint density at radius 3 is 2.55 bits per heavy atom. The maximum Gasteiger partial charge on any atom is 0.341 e. The number of anilines is 1. The van der Waals surface area contributed by atoms with Crippen LogP contribution in [0, 0.1) is 0 Å². The minimum atomic E-state index is -4.52. The Morgan fingerprint density at radius 1 is 1.35 bits per heavy atom. The first-order valence-corrected chi connectivity index (χ1v) is 7.89. The number of hydrogen-bond acceptors (Lipinski definition) is 4. The number of rotatable bonds is 5. The first-order valence-electron chi connectivity index (χ1n) is 6.34. The van der Waals surface area contributed by atoms with Crippen molar-refractivity contribution in [2.45, 2.75) is 29.5 Å². The Kier molecular flexibility index (Phi) is 4.59. The van der Waals surface area contributed by atoms with Gasteiger partial charge in [0.05, 0.1) is 17.5 Å². The molecule has 1 atom stereocenters. The molecule has 1 heterocycles. The third-order valence-corrected chi connectivity index (χ3v) is 4.87. The molecule has 4 nitrogen and oxygen atoms in total. The Bertz CT molecular complexity index is 545. The molecular weight excluding hydrogens is 288 g/mol. The lowest BCUT2D eigenvalue weighted by Crippen LogP contribution is -2.32. The Morgan fingerprint density at radius 2 is 2.00 bits per heavy atom. The molecule has 1 aromatic rings. The van der Waals surface area contributed by atoms with Crippen molar-refractivity contribution in [2.75, 3.05) is 25.2 Å². The van der Waals surface area contributed by atoms with E-state index >= 15 is 0 Å².